The number of allylic oxidation sites excluding steroid dienone is 2. The molecule has 2 aromatic heterocycles. The van der Waals surface area contributed by atoms with Crippen LogP contribution in [-0.2, 0) is 4.79 Å². The third-order valence-corrected chi connectivity index (χ3v) is 8.83. The fourth-order valence-electron chi connectivity index (χ4n) is 4.83. The lowest BCUT2D eigenvalue weighted by atomic mass is 9.82. The number of hydrogen-bond donors (Lipinski definition) is 2. The minimum Gasteiger partial charge on any atom is -0.481 e. The van der Waals surface area contributed by atoms with E-state index < -0.39 is 5.92 Å². The molecule has 2 atom stereocenters. The van der Waals surface area contributed by atoms with Gasteiger partial charge in [-0.15, -0.1) is 0 Å². The van der Waals surface area contributed by atoms with Gasteiger partial charge in [-0.05, 0) is 67.5 Å². The van der Waals surface area contributed by atoms with Crippen LogP contribution in [0.25, 0.3) is 10.3 Å². The molecule has 1 aliphatic heterocycles. The molecule has 37 heavy (non-hydrogen) atoms. The third kappa shape index (κ3) is 5.06. The number of para-hydroxylation sites is 1. The quantitative estimate of drug-likeness (QED) is 0.234. The molecule has 0 bridgehead atoms. The number of amides is 1. The molecule has 9 heteroatoms. The number of halogens is 1. The molecule has 2 N–H and O–H groups in total. The lowest BCUT2D eigenvalue weighted by Gasteiger charge is -2.26. The van der Waals surface area contributed by atoms with Crippen molar-refractivity contribution in [2.75, 3.05) is 17.7 Å². The van der Waals surface area contributed by atoms with Crippen LogP contribution >= 0.6 is 23.1 Å². The van der Waals surface area contributed by atoms with Crippen molar-refractivity contribution in [1.82, 2.24) is 9.97 Å². The summed E-state index contributed by atoms with van der Waals surface area (Å²) in [5.74, 6) is 0.164. The van der Waals surface area contributed by atoms with Crippen molar-refractivity contribution in [3.05, 3.63) is 72.1 Å². The molecular formula is C28H25FN4O2S2. The molecule has 6 rings (SSSR count). The van der Waals surface area contributed by atoms with Gasteiger partial charge in [0.1, 0.15) is 10.3 Å². The van der Waals surface area contributed by atoms with E-state index in [-0.39, 0.29) is 17.7 Å². The number of rotatable bonds is 6. The number of fused-ring (bicyclic) bond motifs is 3. The van der Waals surface area contributed by atoms with Gasteiger partial charge < -0.3 is 15.4 Å². The highest BCUT2D eigenvalue weighted by Gasteiger charge is 2.28. The van der Waals surface area contributed by atoms with Crippen molar-refractivity contribution in [2.24, 2.45) is 5.92 Å². The highest BCUT2D eigenvalue weighted by molar-refractivity contribution is 7.99. The second-order valence-electron chi connectivity index (χ2n) is 9.24. The fraction of sp³-hybridized carbons (Fsp3) is 0.250. The van der Waals surface area contributed by atoms with Crippen molar-refractivity contribution < 1.29 is 13.9 Å². The van der Waals surface area contributed by atoms with Gasteiger partial charge in [0.2, 0.25) is 11.8 Å². The average molecular weight is 533 g/mol. The van der Waals surface area contributed by atoms with Gasteiger partial charge in [-0.2, -0.15) is 0 Å². The zero-order valence-electron chi connectivity index (χ0n) is 20.2. The average Bonchev–Trinajstić information content (AvgIpc) is 3.32. The van der Waals surface area contributed by atoms with Gasteiger partial charge in [-0.25, -0.2) is 14.4 Å². The van der Waals surface area contributed by atoms with E-state index in [2.05, 4.69) is 44.9 Å². The van der Waals surface area contributed by atoms with E-state index in [9.17, 15) is 9.18 Å². The van der Waals surface area contributed by atoms with Crippen molar-refractivity contribution in [3.63, 3.8) is 0 Å². The van der Waals surface area contributed by atoms with Crippen LogP contribution in [0.5, 0.6) is 5.88 Å². The zero-order chi connectivity index (χ0) is 25.4. The standard InChI is InChI=1S/C28H25FN4O2S2/c1-35-25-13-11-21-27(32-25)37-28(31-21)33-26(34)19(14-16-6-9-18(29)10-7-16)17-8-12-24-22(15-17)30-20-4-2-3-5-23(20)36-24/h2-5,8-9,11-13,15-16,19,30H,6-7,10,14H2,1H3,(H,31,33,34). The fourth-order valence-corrected chi connectivity index (χ4v) is 6.63. The lowest BCUT2D eigenvalue weighted by molar-refractivity contribution is -0.118. The largest absolute Gasteiger partial charge is 0.481 e. The number of nitrogens with one attached hydrogen (secondary N) is 2. The normalized spacial score (nSPS) is 17.2. The molecule has 3 heterocycles. The number of anilines is 3. The van der Waals surface area contributed by atoms with Crippen molar-refractivity contribution in [1.29, 1.82) is 0 Å². The van der Waals surface area contributed by atoms with E-state index in [4.69, 9.17) is 4.74 Å². The second kappa shape index (κ2) is 10.1. The van der Waals surface area contributed by atoms with E-state index in [1.165, 1.54) is 16.2 Å². The molecule has 0 spiro atoms. The van der Waals surface area contributed by atoms with Crippen LogP contribution in [0.15, 0.2) is 76.3 Å². The minimum atomic E-state index is -0.400. The van der Waals surface area contributed by atoms with Crippen LogP contribution in [0.4, 0.5) is 20.9 Å². The summed E-state index contributed by atoms with van der Waals surface area (Å²) in [7, 11) is 1.57. The topological polar surface area (TPSA) is 76.1 Å². The molecule has 0 radical (unpaired) electrons. The zero-order valence-corrected chi connectivity index (χ0v) is 21.8. The first-order valence-corrected chi connectivity index (χ1v) is 13.8. The molecule has 0 saturated heterocycles. The predicted molar refractivity (Wildman–Crippen MR) is 147 cm³/mol. The number of ether oxygens (including phenoxy) is 1. The lowest BCUT2D eigenvalue weighted by Crippen LogP contribution is -2.24. The van der Waals surface area contributed by atoms with Crippen LogP contribution in [0.2, 0.25) is 0 Å². The Morgan fingerprint density at radius 3 is 2.86 bits per heavy atom. The van der Waals surface area contributed by atoms with E-state index in [0.717, 1.165) is 28.3 Å². The Bertz CT molecular complexity index is 1520. The molecule has 1 aliphatic carbocycles. The van der Waals surface area contributed by atoms with E-state index in [0.29, 0.717) is 40.6 Å². The van der Waals surface area contributed by atoms with E-state index in [1.54, 1.807) is 31.0 Å². The highest BCUT2D eigenvalue weighted by atomic mass is 32.2. The summed E-state index contributed by atoms with van der Waals surface area (Å²) < 4.78 is 18.9. The number of pyridine rings is 1. The van der Waals surface area contributed by atoms with Gasteiger partial charge in [-0.3, -0.25) is 4.79 Å². The highest BCUT2D eigenvalue weighted by Crippen LogP contribution is 2.45. The van der Waals surface area contributed by atoms with Crippen LogP contribution in [0, 0.1) is 5.92 Å². The van der Waals surface area contributed by atoms with Crippen LogP contribution in [-0.4, -0.2) is 23.0 Å². The molecule has 0 fully saturated rings. The SMILES string of the molecule is COc1ccc2nc(NC(=O)C(CC3CC=C(F)CC3)c3ccc4c(c3)Nc3ccccc3S4)sc2n1. The number of nitrogens with zero attached hydrogens (tertiary/aromatic N) is 2. The number of hydrogen-bond acceptors (Lipinski definition) is 7. The van der Waals surface area contributed by atoms with Gasteiger partial charge in [0.25, 0.3) is 0 Å². The molecule has 0 saturated carbocycles. The molecule has 6 nitrogen and oxygen atoms in total. The maximum absolute atomic E-state index is 13.7. The number of benzene rings is 2. The number of carbonyl (C=O) groups is 1. The second-order valence-corrected chi connectivity index (χ2v) is 11.3. The monoisotopic (exact) mass is 532 g/mol. The molecular weight excluding hydrogens is 507 g/mol. The van der Waals surface area contributed by atoms with Gasteiger partial charge in [0.05, 0.1) is 30.2 Å². The Hall–Kier alpha value is -3.43. The molecule has 1 amide bonds. The van der Waals surface area contributed by atoms with E-state index in [1.807, 2.05) is 24.3 Å². The first-order valence-electron chi connectivity index (χ1n) is 12.2. The Morgan fingerprint density at radius 1 is 1.16 bits per heavy atom. The molecule has 188 valence electrons. The number of thiazole rings is 1. The third-order valence-electron chi connectivity index (χ3n) is 6.80. The minimum absolute atomic E-state index is 0.0525. The van der Waals surface area contributed by atoms with Gasteiger partial charge >= 0.3 is 0 Å². The summed E-state index contributed by atoms with van der Waals surface area (Å²) in [6.07, 6.45) is 4.12. The smallest absolute Gasteiger partial charge is 0.233 e. The Morgan fingerprint density at radius 2 is 2.03 bits per heavy atom. The van der Waals surface area contributed by atoms with Crippen molar-refractivity contribution >= 4 is 55.9 Å². The summed E-state index contributed by atoms with van der Waals surface area (Å²) in [6.45, 7) is 0. The summed E-state index contributed by atoms with van der Waals surface area (Å²) >= 11 is 3.04. The Labute approximate surface area is 222 Å². The molecule has 2 aromatic carbocycles. The summed E-state index contributed by atoms with van der Waals surface area (Å²) in [5, 5.41) is 7.06. The summed E-state index contributed by atoms with van der Waals surface area (Å²) in [5.41, 5.74) is 3.69. The van der Waals surface area contributed by atoms with Crippen LogP contribution in [0.1, 0.15) is 37.2 Å². The van der Waals surface area contributed by atoms with Crippen molar-refractivity contribution in [3.8, 4) is 5.88 Å². The molecule has 4 aromatic rings. The Kier molecular flexibility index (Phi) is 6.56. The van der Waals surface area contributed by atoms with Gasteiger partial charge in [-0.1, -0.05) is 47.4 Å². The van der Waals surface area contributed by atoms with Gasteiger partial charge in [0.15, 0.2) is 5.13 Å². The number of carbonyl (C=O) groups excluding carboxylic acids is 1. The van der Waals surface area contributed by atoms with Crippen LogP contribution in [0.3, 0.4) is 0 Å². The predicted octanol–water partition coefficient (Wildman–Crippen LogP) is 7.67. The van der Waals surface area contributed by atoms with Crippen LogP contribution < -0.4 is 15.4 Å². The first kappa shape index (κ1) is 23.9. The van der Waals surface area contributed by atoms with E-state index >= 15 is 0 Å². The summed E-state index contributed by atoms with van der Waals surface area (Å²) in [6, 6.07) is 18.0. The number of aromatic nitrogens is 2. The molecule has 2 unspecified atom stereocenters. The first-order chi connectivity index (χ1) is 18.1. The van der Waals surface area contributed by atoms with Gasteiger partial charge in [0, 0.05) is 15.9 Å². The Balaban J connectivity index is 1.29. The maximum Gasteiger partial charge on any atom is 0.233 e. The molecule has 2 aliphatic rings. The number of methoxy groups -OCH3 is 1. The van der Waals surface area contributed by atoms with Crippen molar-refractivity contribution in [2.45, 2.75) is 41.4 Å². The maximum atomic E-state index is 13.7. The summed E-state index contributed by atoms with van der Waals surface area (Å²) in [4.78, 5) is 25.7.